The molecule has 9 heteroatoms. The lowest BCUT2D eigenvalue weighted by molar-refractivity contribution is 0.169. The van der Waals surface area contributed by atoms with Crippen LogP contribution in [0.5, 0.6) is 0 Å². The van der Waals surface area contributed by atoms with E-state index in [2.05, 4.69) is 15.0 Å². The van der Waals surface area contributed by atoms with E-state index in [9.17, 15) is 8.42 Å². The molecule has 1 aliphatic rings. The minimum Gasteiger partial charge on any atom is -0.396 e. The van der Waals surface area contributed by atoms with Crippen LogP contribution in [0.15, 0.2) is 12.4 Å². The Hall–Kier alpha value is -1.03. The number of aliphatic hydroxyl groups is 1. The quantitative estimate of drug-likeness (QED) is 0.643. The number of hydrogen-bond donors (Lipinski definition) is 2. The lowest BCUT2D eigenvalue weighted by atomic mass is 10.00. The molecular weight excluding hydrogens is 282 g/mol. The van der Waals surface area contributed by atoms with Gasteiger partial charge in [-0.15, -0.1) is 5.10 Å². The van der Waals surface area contributed by atoms with Crippen molar-refractivity contribution in [1.82, 2.24) is 24.0 Å². The molecule has 1 saturated heterocycles. The first kappa shape index (κ1) is 15.4. The maximum atomic E-state index is 12.1. The highest BCUT2D eigenvalue weighted by Crippen LogP contribution is 2.18. The highest BCUT2D eigenvalue weighted by molar-refractivity contribution is 7.87. The number of nitrogens with zero attached hydrogens (tertiary/aromatic N) is 4. The third-order valence-electron chi connectivity index (χ3n) is 3.49. The average molecular weight is 303 g/mol. The Morgan fingerprint density at radius 2 is 2.10 bits per heavy atom. The fourth-order valence-electron chi connectivity index (χ4n) is 2.22. The highest BCUT2D eigenvalue weighted by atomic mass is 32.2. The van der Waals surface area contributed by atoms with E-state index in [1.54, 1.807) is 17.1 Å². The summed E-state index contributed by atoms with van der Waals surface area (Å²) in [5, 5.41) is 16.5. The van der Waals surface area contributed by atoms with Crippen LogP contribution < -0.4 is 4.72 Å². The van der Waals surface area contributed by atoms with E-state index in [4.69, 9.17) is 5.11 Å². The first-order chi connectivity index (χ1) is 9.62. The monoisotopic (exact) mass is 303 g/mol. The zero-order valence-electron chi connectivity index (χ0n) is 11.3. The lowest BCUT2D eigenvalue weighted by Gasteiger charge is -2.30. The Labute approximate surface area is 119 Å². The number of hydrogen-bond acceptors (Lipinski definition) is 5. The first-order valence-electron chi connectivity index (χ1n) is 6.81. The van der Waals surface area contributed by atoms with Gasteiger partial charge in [0.25, 0.3) is 10.2 Å². The van der Waals surface area contributed by atoms with Crippen molar-refractivity contribution in [1.29, 1.82) is 0 Å². The van der Waals surface area contributed by atoms with Gasteiger partial charge in [-0.1, -0.05) is 5.21 Å². The maximum absolute atomic E-state index is 12.1. The van der Waals surface area contributed by atoms with Crippen molar-refractivity contribution >= 4 is 10.2 Å². The van der Waals surface area contributed by atoms with Gasteiger partial charge in [0.1, 0.15) is 0 Å². The predicted molar refractivity (Wildman–Crippen MR) is 72.9 cm³/mol. The van der Waals surface area contributed by atoms with E-state index in [-0.39, 0.29) is 12.5 Å². The van der Waals surface area contributed by atoms with E-state index in [1.165, 1.54) is 4.31 Å². The molecule has 0 atom stereocenters. The Bertz CT molecular complexity index is 482. The van der Waals surface area contributed by atoms with Crippen LogP contribution in [0.25, 0.3) is 0 Å². The summed E-state index contributed by atoms with van der Waals surface area (Å²) in [6.07, 6.45) is 5.44. The molecule has 2 rings (SSSR count). The zero-order valence-corrected chi connectivity index (χ0v) is 12.2. The molecule has 1 fully saturated rings. The standard InChI is InChI=1S/C11H21N5O3S/c17-10-11-2-7-16(8-3-11)20(18,19)13-4-1-6-15-9-5-12-14-15/h5,9,11,13,17H,1-4,6-8,10H2. The highest BCUT2D eigenvalue weighted by Gasteiger charge is 2.27. The summed E-state index contributed by atoms with van der Waals surface area (Å²) in [7, 11) is -3.40. The summed E-state index contributed by atoms with van der Waals surface area (Å²) in [5.41, 5.74) is 0. The summed E-state index contributed by atoms with van der Waals surface area (Å²) in [4.78, 5) is 0. The molecule has 1 aliphatic heterocycles. The van der Waals surface area contributed by atoms with Gasteiger partial charge in [-0.05, 0) is 25.2 Å². The van der Waals surface area contributed by atoms with Crippen molar-refractivity contribution in [2.75, 3.05) is 26.2 Å². The third kappa shape index (κ3) is 4.23. The van der Waals surface area contributed by atoms with Crippen molar-refractivity contribution in [3.8, 4) is 0 Å². The van der Waals surface area contributed by atoms with E-state index < -0.39 is 10.2 Å². The number of rotatable bonds is 7. The molecule has 0 radical (unpaired) electrons. The van der Waals surface area contributed by atoms with Gasteiger partial charge in [0.15, 0.2) is 0 Å². The van der Waals surface area contributed by atoms with E-state index >= 15 is 0 Å². The number of aromatic nitrogens is 3. The molecular formula is C11H21N5O3S. The molecule has 8 nitrogen and oxygen atoms in total. The molecule has 0 aromatic carbocycles. The minimum atomic E-state index is -3.40. The maximum Gasteiger partial charge on any atom is 0.279 e. The molecule has 1 aromatic rings. The van der Waals surface area contributed by atoms with Crippen LogP contribution in [0, 0.1) is 5.92 Å². The van der Waals surface area contributed by atoms with Gasteiger partial charge in [0, 0.05) is 39.0 Å². The lowest BCUT2D eigenvalue weighted by Crippen LogP contribution is -2.45. The molecule has 0 amide bonds. The van der Waals surface area contributed by atoms with Crippen LogP contribution in [0.2, 0.25) is 0 Å². The van der Waals surface area contributed by atoms with E-state index in [0.717, 1.165) is 12.8 Å². The van der Waals surface area contributed by atoms with Crippen molar-refractivity contribution in [3.63, 3.8) is 0 Å². The van der Waals surface area contributed by atoms with Gasteiger partial charge in [0.2, 0.25) is 0 Å². The van der Waals surface area contributed by atoms with Gasteiger partial charge < -0.3 is 5.11 Å². The summed E-state index contributed by atoms with van der Waals surface area (Å²) in [6.45, 7) is 2.10. The van der Waals surface area contributed by atoms with E-state index in [0.29, 0.717) is 32.6 Å². The second-order valence-electron chi connectivity index (χ2n) is 4.94. The van der Waals surface area contributed by atoms with Crippen molar-refractivity contribution < 1.29 is 13.5 Å². The Morgan fingerprint density at radius 1 is 1.35 bits per heavy atom. The number of aryl methyl sites for hydroxylation is 1. The molecule has 2 heterocycles. The molecule has 0 unspecified atom stereocenters. The third-order valence-corrected chi connectivity index (χ3v) is 5.11. The predicted octanol–water partition coefficient (Wildman–Crippen LogP) is -0.793. The molecule has 0 aliphatic carbocycles. The SMILES string of the molecule is O=S(=O)(NCCCn1ccnn1)N1CCC(CO)CC1. The van der Waals surface area contributed by atoms with Gasteiger partial charge >= 0.3 is 0 Å². The van der Waals surface area contributed by atoms with Gasteiger partial charge in [-0.2, -0.15) is 12.7 Å². The first-order valence-corrected chi connectivity index (χ1v) is 8.25. The number of nitrogens with one attached hydrogen (secondary N) is 1. The number of aliphatic hydroxyl groups excluding tert-OH is 1. The normalized spacial score (nSPS) is 18.4. The topological polar surface area (TPSA) is 100 Å². The summed E-state index contributed by atoms with van der Waals surface area (Å²) in [5.74, 6) is 0.230. The fourth-order valence-corrected chi connectivity index (χ4v) is 3.49. The molecule has 0 bridgehead atoms. The Morgan fingerprint density at radius 3 is 2.70 bits per heavy atom. The van der Waals surface area contributed by atoms with Crippen LogP contribution in [-0.4, -0.2) is 59.1 Å². The Balaban J connectivity index is 1.71. The second kappa shape index (κ2) is 7.11. The van der Waals surface area contributed by atoms with Crippen molar-refractivity contribution in [2.24, 2.45) is 5.92 Å². The summed E-state index contributed by atoms with van der Waals surface area (Å²) >= 11 is 0. The van der Waals surface area contributed by atoms with E-state index in [1.807, 2.05) is 0 Å². The van der Waals surface area contributed by atoms with Gasteiger partial charge in [-0.25, -0.2) is 4.72 Å². The largest absolute Gasteiger partial charge is 0.396 e. The van der Waals surface area contributed by atoms with Crippen LogP contribution in [-0.2, 0) is 16.8 Å². The average Bonchev–Trinajstić information content (AvgIpc) is 2.97. The van der Waals surface area contributed by atoms with Gasteiger partial charge in [0.05, 0.1) is 6.20 Å². The Kier molecular flexibility index (Phi) is 5.46. The number of piperidine rings is 1. The zero-order chi connectivity index (χ0) is 14.4. The molecule has 1 aromatic heterocycles. The van der Waals surface area contributed by atoms with Crippen molar-refractivity contribution in [3.05, 3.63) is 12.4 Å². The molecule has 0 saturated carbocycles. The minimum absolute atomic E-state index is 0.138. The molecule has 2 N–H and O–H groups in total. The second-order valence-corrected chi connectivity index (χ2v) is 6.70. The molecule has 0 spiro atoms. The summed E-state index contributed by atoms with van der Waals surface area (Å²) < 4.78 is 29.8. The van der Waals surface area contributed by atoms with Crippen LogP contribution >= 0.6 is 0 Å². The van der Waals surface area contributed by atoms with Crippen LogP contribution in [0.3, 0.4) is 0 Å². The van der Waals surface area contributed by atoms with Crippen LogP contribution in [0.4, 0.5) is 0 Å². The van der Waals surface area contributed by atoms with Gasteiger partial charge in [-0.3, -0.25) is 4.68 Å². The smallest absolute Gasteiger partial charge is 0.279 e. The summed E-state index contributed by atoms with van der Waals surface area (Å²) in [6, 6.07) is 0. The van der Waals surface area contributed by atoms with Crippen molar-refractivity contribution in [2.45, 2.75) is 25.8 Å². The molecule has 20 heavy (non-hydrogen) atoms. The fraction of sp³-hybridized carbons (Fsp3) is 0.818. The molecule has 114 valence electrons. The van der Waals surface area contributed by atoms with Crippen LogP contribution in [0.1, 0.15) is 19.3 Å².